The molecule has 0 saturated carbocycles. The molecule has 0 aliphatic carbocycles. The average molecular weight is 409 g/mol. The summed E-state index contributed by atoms with van der Waals surface area (Å²) in [6, 6.07) is 12.9. The van der Waals surface area contributed by atoms with E-state index in [9.17, 15) is 14.4 Å². The molecule has 1 amide bonds. The Hall–Kier alpha value is -3.35. The van der Waals surface area contributed by atoms with Gasteiger partial charge in [0.1, 0.15) is 11.8 Å². The van der Waals surface area contributed by atoms with E-state index in [1.165, 1.54) is 4.57 Å². The molecule has 158 valence electrons. The van der Waals surface area contributed by atoms with Crippen LogP contribution in [-0.4, -0.2) is 40.6 Å². The molecule has 0 fully saturated rings. The lowest BCUT2D eigenvalue weighted by molar-refractivity contribution is -0.133. The Kier molecular flexibility index (Phi) is 6.40. The van der Waals surface area contributed by atoms with Gasteiger partial charge in [-0.25, -0.2) is 9.36 Å². The van der Waals surface area contributed by atoms with Crippen molar-refractivity contribution in [3.63, 3.8) is 0 Å². The molecular weight excluding hydrogens is 382 g/mol. The second-order valence-electron chi connectivity index (χ2n) is 7.19. The van der Waals surface area contributed by atoms with Crippen molar-refractivity contribution in [2.75, 3.05) is 20.7 Å². The number of carbonyl (C=O) groups is 1. The summed E-state index contributed by atoms with van der Waals surface area (Å²) in [5, 5.41) is 0.386. The third-order valence-electron chi connectivity index (χ3n) is 5.24. The Bertz CT molecular complexity index is 1160. The van der Waals surface area contributed by atoms with Gasteiger partial charge in [0.05, 0.1) is 23.7 Å². The van der Waals surface area contributed by atoms with Crippen molar-refractivity contribution in [3.8, 4) is 11.4 Å². The summed E-state index contributed by atoms with van der Waals surface area (Å²) in [6.07, 6.45) is 1.25. The number of benzene rings is 2. The number of methoxy groups -OCH3 is 1. The summed E-state index contributed by atoms with van der Waals surface area (Å²) in [5.74, 6) is 0.474. The van der Waals surface area contributed by atoms with Crippen molar-refractivity contribution in [1.82, 2.24) is 14.0 Å². The SMILES string of the molecule is CCCN(C)C(=O)C(CC)n1c(=O)n(-c2ccc(OC)cc2)c(=O)c2ccccc21. The van der Waals surface area contributed by atoms with Crippen LogP contribution in [0.1, 0.15) is 32.7 Å². The van der Waals surface area contributed by atoms with E-state index >= 15 is 0 Å². The molecule has 0 saturated heterocycles. The summed E-state index contributed by atoms with van der Waals surface area (Å²) in [5.41, 5.74) is -0.0629. The zero-order chi connectivity index (χ0) is 21.8. The van der Waals surface area contributed by atoms with Crippen LogP contribution in [0.3, 0.4) is 0 Å². The van der Waals surface area contributed by atoms with Gasteiger partial charge in [-0.2, -0.15) is 0 Å². The van der Waals surface area contributed by atoms with Gasteiger partial charge in [-0.1, -0.05) is 26.0 Å². The van der Waals surface area contributed by atoms with Crippen molar-refractivity contribution >= 4 is 16.8 Å². The molecule has 0 aliphatic heterocycles. The molecule has 7 heteroatoms. The van der Waals surface area contributed by atoms with Crippen LogP contribution in [-0.2, 0) is 4.79 Å². The smallest absolute Gasteiger partial charge is 0.336 e. The zero-order valence-corrected chi connectivity index (χ0v) is 17.8. The molecule has 1 unspecified atom stereocenters. The molecule has 1 aromatic heterocycles. The summed E-state index contributed by atoms with van der Waals surface area (Å²) in [6.45, 7) is 4.46. The Morgan fingerprint density at radius 3 is 2.33 bits per heavy atom. The summed E-state index contributed by atoms with van der Waals surface area (Å²) in [4.78, 5) is 41.5. The molecule has 0 bridgehead atoms. The predicted molar refractivity (Wildman–Crippen MR) is 118 cm³/mol. The first kappa shape index (κ1) is 21.4. The van der Waals surface area contributed by atoms with Crippen LogP contribution in [0.2, 0.25) is 0 Å². The van der Waals surface area contributed by atoms with Crippen LogP contribution in [0, 0.1) is 0 Å². The van der Waals surface area contributed by atoms with E-state index in [0.717, 1.165) is 11.0 Å². The number of fused-ring (bicyclic) bond motifs is 1. The van der Waals surface area contributed by atoms with Crippen LogP contribution in [0.4, 0.5) is 0 Å². The third kappa shape index (κ3) is 3.75. The van der Waals surface area contributed by atoms with Crippen molar-refractivity contribution in [1.29, 1.82) is 0 Å². The lowest BCUT2D eigenvalue weighted by Crippen LogP contribution is -2.44. The molecule has 2 aromatic carbocycles. The number of ether oxygens (including phenoxy) is 1. The van der Waals surface area contributed by atoms with E-state index in [-0.39, 0.29) is 5.91 Å². The second kappa shape index (κ2) is 8.98. The first-order chi connectivity index (χ1) is 14.4. The van der Waals surface area contributed by atoms with Crippen LogP contribution in [0.25, 0.3) is 16.6 Å². The molecule has 3 aromatic rings. The summed E-state index contributed by atoms with van der Waals surface area (Å²) < 4.78 is 7.75. The number of amides is 1. The largest absolute Gasteiger partial charge is 0.497 e. The second-order valence-corrected chi connectivity index (χ2v) is 7.19. The van der Waals surface area contributed by atoms with Gasteiger partial charge >= 0.3 is 5.69 Å². The van der Waals surface area contributed by atoms with E-state index in [4.69, 9.17) is 4.74 Å². The highest BCUT2D eigenvalue weighted by molar-refractivity contribution is 5.84. The number of likely N-dealkylation sites (N-methyl/N-ethyl adjacent to an activating group) is 1. The van der Waals surface area contributed by atoms with Crippen LogP contribution >= 0.6 is 0 Å². The maximum atomic E-state index is 13.6. The zero-order valence-electron chi connectivity index (χ0n) is 17.8. The molecular formula is C23H27N3O4. The minimum atomic E-state index is -0.705. The molecule has 30 heavy (non-hydrogen) atoms. The van der Waals surface area contributed by atoms with Crippen molar-refractivity contribution < 1.29 is 9.53 Å². The average Bonchev–Trinajstić information content (AvgIpc) is 2.77. The lowest BCUT2D eigenvalue weighted by atomic mass is 10.1. The van der Waals surface area contributed by atoms with Crippen LogP contribution < -0.4 is 16.0 Å². The fourth-order valence-electron chi connectivity index (χ4n) is 3.71. The van der Waals surface area contributed by atoms with Gasteiger partial charge in [-0.15, -0.1) is 0 Å². The van der Waals surface area contributed by atoms with Gasteiger partial charge in [0, 0.05) is 13.6 Å². The molecule has 0 aliphatic rings. The number of carbonyl (C=O) groups excluding carboxylic acids is 1. The summed E-state index contributed by atoms with van der Waals surface area (Å²) in [7, 11) is 3.29. The number of rotatable bonds is 7. The highest BCUT2D eigenvalue weighted by Crippen LogP contribution is 2.20. The fourth-order valence-corrected chi connectivity index (χ4v) is 3.71. The van der Waals surface area contributed by atoms with E-state index in [2.05, 4.69) is 0 Å². The van der Waals surface area contributed by atoms with E-state index in [0.29, 0.717) is 35.3 Å². The number of para-hydroxylation sites is 1. The lowest BCUT2D eigenvalue weighted by Gasteiger charge is -2.26. The van der Waals surface area contributed by atoms with Gasteiger partial charge in [-0.3, -0.25) is 14.2 Å². The number of hydrogen-bond donors (Lipinski definition) is 0. The Labute approximate surface area is 175 Å². The number of aromatic nitrogens is 2. The fraction of sp³-hybridized carbons (Fsp3) is 0.348. The standard InChI is InChI=1S/C23H27N3O4/c1-5-15-24(3)22(28)19(6-2)26-20-10-8-7-9-18(20)21(27)25(23(26)29)16-11-13-17(30-4)14-12-16/h7-14,19H,5-6,15H2,1-4H3. The van der Waals surface area contributed by atoms with Gasteiger partial charge in [0.2, 0.25) is 5.91 Å². The highest BCUT2D eigenvalue weighted by atomic mass is 16.5. The quantitative estimate of drug-likeness (QED) is 0.601. The minimum absolute atomic E-state index is 0.147. The molecule has 3 rings (SSSR count). The van der Waals surface area contributed by atoms with E-state index in [1.807, 2.05) is 13.8 Å². The third-order valence-corrected chi connectivity index (χ3v) is 5.24. The van der Waals surface area contributed by atoms with Crippen LogP contribution in [0.15, 0.2) is 58.1 Å². The first-order valence-electron chi connectivity index (χ1n) is 10.1. The Balaban J connectivity index is 2.31. The molecule has 1 heterocycles. The van der Waals surface area contributed by atoms with Crippen LogP contribution in [0.5, 0.6) is 5.75 Å². The van der Waals surface area contributed by atoms with E-state index in [1.54, 1.807) is 67.6 Å². The molecule has 0 spiro atoms. The van der Waals surface area contributed by atoms with Gasteiger partial charge < -0.3 is 9.64 Å². The van der Waals surface area contributed by atoms with Crippen molar-refractivity contribution in [3.05, 3.63) is 69.4 Å². The maximum Gasteiger partial charge on any atom is 0.336 e. The van der Waals surface area contributed by atoms with Gasteiger partial charge in [0.15, 0.2) is 0 Å². The predicted octanol–water partition coefficient (Wildman–Crippen LogP) is 2.98. The normalized spacial score (nSPS) is 12.0. The first-order valence-corrected chi connectivity index (χ1v) is 10.1. The van der Waals surface area contributed by atoms with Gasteiger partial charge in [0.25, 0.3) is 5.56 Å². The van der Waals surface area contributed by atoms with Crippen molar-refractivity contribution in [2.24, 2.45) is 0 Å². The monoisotopic (exact) mass is 409 g/mol. The molecule has 7 nitrogen and oxygen atoms in total. The van der Waals surface area contributed by atoms with Crippen molar-refractivity contribution in [2.45, 2.75) is 32.7 Å². The Morgan fingerprint density at radius 2 is 1.73 bits per heavy atom. The van der Waals surface area contributed by atoms with E-state index < -0.39 is 17.3 Å². The minimum Gasteiger partial charge on any atom is -0.497 e. The Morgan fingerprint density at radius 1 is 1.07 bits per heavy atom. The maximum absolute atomic E-state index is 13.6. The molecule has 0 radical (unpaired) electrons. The number of nitrogens with zero attached hydrogens (tertiary/aromatic N) is 3. The number of hydrogen-bond acceptors (Lipinski definition) is 4. The summed E-state index contributed by atoms with van der Waals surface area (Å²) >= 11 is 0. The highest BCUT2D eigenvalue weighted by Gasteiger charge is 2.27. The van der Waals surface area contributed by atoms with Gasteiger partial charge in [-0.05, 0) is 49.2 Å². The molecule has 0 N–H and O–H groups in total. The topological polar surface area (TPSA) is 73.5 Å². The molecule has 1 atom stereocenters.